The summed E-state index contributed by atoms with van der Waals surface area (Å²) in [6.07, 6.45) is 3.97. The molecule has 0 unspecified atom stereocenters. The molecule has 0 aliphatic rings. The highest BCUT2D eigenvalue weighted by Gasteiger charge is 2.22. The van der Waals surface area contributed by atoms with E-state index >= 15 is 0 Å². The van der Waals surface area contributed by atoms with Gasteiger partial charge in [0.25, 0.3) is 5.56 Å². The first-order valence-corrected chi connectivity index (χ1v) is 11.8. The molecule has 4 aromatic rings. The summed E-state index contributed by atoms with van der Waals surface area (Å²) < 4.78 is 9.74. The molecule has 1 amide bonds. The summed E-state index contributed by atoms with van der Waals surface area (Å²) in [5.41, 5.74) is 0.679. The molecule has 3 aromatic heterocycles. The Morgan fingerprint density at radius 2 is 1.94 bits per heavy atom. The van der Waals surface area contributed by atoms with Gasteiger partial charge in [-0.05, 0) is 44.9 Å². The molecule has 1 aromatic carbocycles. The van der Waals surface area contributed by atoms with Crippen molar-refractivity contribution in [2.24, 2.45) is 0 Å². The number of hydrogen-bond donors (Lipinski definition) is 1. The van der Waals surface area contributed by atoms with Crippen LogP contribution in [0.3, 0.4) is 0 Å². The van der Waals surface area contributed by atoms with Crippen LogP contribution in [-0.2, 0) is 24.3 Å². The second kappa shape index (κ2) is 9.68. The number of benzene rings is 1. The van der Waals surface area contributed by atoms with Crippen molar-refractivity contribution >= 4 is 27.5 Å². The highest BCUT2D eigenvalue weighted by molar-refractivity contribution is 7.21. The number of thiophene rings is 1. The van der Waals surface area contributed by atoms with Crippen molar-refractivity contribution in [3.8, 4) is 10.8 Å². The van der Waals surface area contributed by atoms with Crippen LogP contribution in [0.2, 0.25) is 0 Å². The van der Waals surface area contributed by atoms with Crippen molar-refractivity contribution < 1.29 is 9.53 Å². The largest absolute Gasteiger partial charge is 0.496 e. The quantitative estimate of drug-likeness (QED) is 0.417. The number of fused-ring (bicyclic) bond motifs is 1. The fourth-order valence-corrected chi connectivity index (χ4v) is 5.24. The molecule has 0 saturated heterocycles. The molecular weight excluding hydrogens is 454 g/mol. The maximum Gasteiger partial charge on any atom is 0.332 e. The summed E-state index contributed by atoms with van der Waals surface area (Å²) >= 11 is 1.34. The predicted molar refractivity (Wildman–Crippen MR) is 132 cm³/mol. The molecule has 0 spiro atoms. The molecule has 0 radical (unpaired) electrons. The third-order valence-electron chi connectivity index (χ3n) is 5.53. The minimum Gasteiger partial charge on any atom is -0.496 e. The third-order valence-corrected chi connectivity index (χ3v) is 6.83. The molecule has 3 heterocycles. The first-order chi connectivity index (χ1) is 16.3. The summed E-state index contributed by atoms with van der Waals surface area (Å²) in [7, 11) is 1.61. The molecule has 0 fully saturated rings. The Hall–Kier alpha value is -3.66. The Balaban J connectivity index is 1.87. The molecule has 0 atom stereocenters. The van der Waals surface area contributed by atoms with Gasteiger partial charge in [0.1, 0.15) is 22.1 Å². The molecule has 1 N–H and O–H groups in total. The molecule has 4 rings (SSSR count). The fraction of sp³-hybridized carbons (Fsp3) is 0.333. The number of amides is 1. The minimum absolute atomic E-state index is 0.103. The van der Waals surface area contributed by atoms with E-state index in [1.54, 1.807) is 34.8 Å². The zero-order valence-electron chi connectivity index (χ0n) is 19.6. The number of hydrogen-bond acceptors (Lipinski definition) is 6. The maximum absolute atomic E-state index is 13.5. The van der Waals surface area contributed by atoms with Gasteiger partial charge < -0.3 is 10.1 Å². The average molecular weight is 482 g/mol. The molecule has 10 heteroatoms. The Labute approximate surface area is 200 Å². The molecule has 0 aliphatic carbocycles. The number of aromatic nitrogens is 4. The molecular formula is C24H27N5O4S. The SMILES string of the molecule is COc1ccccc1CCn1c(=O)n(CC(=O)NC(C)C)c(=O)c2c(C)c(-n3cccn3)sc21. The Kier molecular flexibility index (Phi) is 6.69. The zero-order chi connectivity index (χ0) is 24.4. The number of methoxy groups -OCH3 is 1. The van der Waals surface area contributed by atoms with Crippen molar-refractivity contribution in [3.05, 3.63) is 74.7 Å². The Bertz CT molecular complexity index is 1450. The lowest BCUT2D eigenvalue weighted by Crippen LogP contribution is -2.44. The van der Waals surface area contributed by atoms with E-state index in [0.29, 0.717) is 23.2 Å². The Morgan fingerprint density at radius 1 is 1.18 bits per heavy atom. The van der Waals surface area contributed by atoms with E-state index in [2.05, 4.69) is 10.4 Å². The molecule has 0 aliphatic heterocycles. The summed E-state index contributed by atoms with van der Waals surface area (Å²) in [6, 6.07) is 9.32. The fourth-order valence-electron chi connectivity index (χ4n) is 3.98. The lowest BCUT2D eigenvalue weighted by atomic mass is 10.1. The second-order valence-corrected chi connectivity index (χ2v) is 9.25. The normalized spacial score (nSPS) is 11.3. The molecule has 0 bridgehead atoms. The number of para-hydroxylation sites is 1. The van der Waals surface area contributed by atoms with Crippen LogP contribution < -0.4 is 21.3 Å². The number of nitrogens with one attached hydrogen (secondary N) is 1. The van der Waals surface area contributed by atoms with Crippen LogP contribution in [0.5, 0.6) is 5.75 Å². The standard InChI is InChI=1S/C24H27N5O4S/c1-15(2)26-19(30)14-28-21(31)20-16(3)22(29-12-7-11-25-29)34-23(20)27(24(28)32)13-10-17-8-5-6-9-18(17)33-4/h5-9,11-12,15H,10,13-14H2,1-4H3,(H,26,30). The highest BCUT2D eigenvalue weighted by Crippen LogP contribution is 2.31. The predicted octanol–water partition coefficient (Wildman–Crippen LogP) is 2.49. The Morgan fingerprint density at radius 3 is 2.62 bits per heavy atom. The van der Waals surface area contributed by atoms with Crippen molar-refractivity contribution in [3.63, 3.8) is 0 Å². The van der Waals surface area contributed by atoms with E-state index in [1.807, 2.05) is 45.0 Å². The number of carbonyl (C=O) groups is 1. The average Bonchev–Trinajstić information content (AvgIpc) is 3.44. The zero-order valence-corrected chi connectivity index (χ0v) is 20.4. The third kappa shape index (κ3) is 4.41. The van der Waals surface area contributed by atoms with Crippen molar-refractivity contribution in [2.75, 3.05) is 7.11 Å². The van der Waals surface area contributed by atoms with E-state index in [0.717, 1.165) is 26.4 Å². The first kappa shape index (κ1) is 23.5. The van der Waals surface area contributed by atoms with Crippen LogP contribution >= 0.6 is 11.3 Å². The van der Waals surface area contributed by atoms with Crippen LogP contribution in [0.15, 0.2) is 52.3 Å². The van der Waals surface area contributed by atoms with Gasteiger partial charge in [-0.1, -0.05) is 29.5 Å². The van der Waals surface area contributed by atoms with Gasteiger partial charge in [-0.3, -0.25) is 18.7 Å². The van der Waals surface area contributed by atoms with Crippen molar-refractivity contribution in [2.45, 2.75) is 46.3 Å². The number of rotatable bonds is 8. The highest BCUT2D eigenvalue weighted by atomic mass is 32.1. The van der Waals surface area contributed by atoms with E-state index < -0.39 is 11.2 Å². The van der Waals surface area contributed by atoms with Gasteiger partial charge in [0.15, 0.2) is 0 Å². The van der Waals surface area contributed by atoms with Crippen molar-refractivity contribution in [1.82, 2.24) is 24.2 Å². The number of carbonyl (C=O) groups excluding carboxylic acids is 1. The van der Waals surface area contributed by atoms with Gasteiger partial charge in [0, 0.05) is 30.5 Å². The topological polar surface area (TPSA) is 100 Å². The van der Waals surface area contributed by atoms with Crippen molar-refractivity contribution in [1.29, 1.82) is 0 Å². The van der Waals surface area contributed by atoms with Gasteiger partial charge in [-0.2, -0.15) is 5.10 Å². The number of aryl methyl sites for hydroxylation is 3. The van der Waals surface area contributed by atoms with E-state index in [-0.39, 0.29) is 18.5 Å². The van der Waals surface area contributed by atoms with Gasteiger partial charge in [0.05, 0.1) is 12.5 Å². The second-order valence-electron chi connectivity index (χ2n) is 8.27. The lowest BCUT2D eigenvalue weighted by molar-refractivity contribution is -0.122. The summed E-state index contributed by atoms with van der Waals surface area (Å²) in [5, 5.41) is 8.23. The monoisotopic (exact) mass is 481 g/mol. The molecule has 9 nitrogen and oxygen atoms in total. The van der Waals surface area contributed by atoms with Gasteiger partial charge >= 0.3 is 5.69 Å². The number of ether oxygens (including phenoxy) is 1. The van der Waals surface area contributed by atoms with Gasteiger partial charge in [-0.25, -0.2) is 9.48 Å². The maximum atomic E-state index is 13.5. The summed E-state index contributed by atoms with van der Waals surface area (Å²) in [4.78, 5) is 40.0. The van der Waals surface area contributed by atoms with Gasteiger partial charge in [0.2, 0.25) is 5.91 Å². The van der Waals surface area contributed by atoms with Crippen LogP contribution in [-0.4, -0.2) is 38.0 Å². The summed E-state index contributed by atoms with van der Waals surface area (Å²) in [5.74, 6) is 0.348. The lowest BCUT2D eigenvalue weighted by Gasteiger charge is -2.14. The van der Waals surface area contributed by atoms with E-state index in [9.17, 15) is 14.4 Å². The van der Waals surface area contributed by atoms with Crippen LogP contribution in [0, 0.1) is 6.92 Å². The van der Waals surface area contributed by atoms with Gasteiger partial charge in [-0.15, -0.1) is 0 Å². The van der Waals surface area contributed by atoms with Crippen LogP contribution in [0.1, 0.15) is 25.0 Å². The summed E-state index contributed by atoms with van der Waals surface area (Å²) in [6.45, 7) is 5.47. The molecule has 178 valence electrons. The molecule has 0 saturated carbocycles. The first-order valence-electron chi connectivity index (χ1n) is 11.0. The van der Waals surface area contributed by atoms with E-state index in [1.165, 1.54) is 11.3 Å². The number of nitrogens with zero attached hydrogens (tertiary/aromatic N) is 4. The minimum atomic E-state index is -0.514. The van der Waals surface area contributed by atoms with Crippen LogP contribution in [0.25, 0.3) is 15.2 Å². The molecule has 34 heavy (non-hydrogen) atoms. The van der Waals surface area contributed by atoms with Crippen LogP contribution in [0.4, 0.5) is 0 Å². The smallest absolute Gasteiger partial charge is 0.332 e. The van der Waals surface area contributed by atoms with E-state index in [4.69, 9.17) is 4.74 Å².